The Hall–Kier alpha value is -0.610. The van der Waals surface area contributed by atoms with Crippen molar-refractivity contribution in [3.8, 4) is 0 Å². The molecule has 0 aromatic rings. The van der Waals surface area contributed by atoms with Gasteiger partial charge in [-0.05, 0) is 13.3 Å². The van der Waals surface area contributed by atoms with Crippen LogP contribution in [-0.4, -0.2) is 42.1 Å². The van der Waals surface area contributed by atoms with Crippen LogP contribution in [0, 0.1) is 0 Å². The number of nitrogens with two attached hydrogens (primary N) is 1. The topological polar surface area (TPSA) is 55.6 Å². The molecule has 68 valence electrons. The first-order valence-electron chi connectivity index (χ1n) is 4.28. The zero-order valence-corrected chi connectivity index (χ0v) is 7.25. The second-order valence-corrected chi connectivity index (χ2v) is 3.85. The Balaban J connectivity index is 2.05. The number of hydrogen-bond donors (Lipinski definition) is 1. The summed E-state index contributed by atoms with van der Waals surface area (Å²) in [7, 11) is 0. The zero-order chi connectivity index (χ0) is 8.77. The van der Waals surface area contributed by atoms with Crippen molar-refractivity contribution in [3.05, 3.63) is 0 Å². The van der Waals surface area contributed by atoms with Crippen molar-refractivity contribution in [2.75, 3.05) is 19.8 Å². The van der Waals surface area contributed by atoms with Crippen LogP contribution in [0.2, 0.25) is 0 Å². The first kappa shape index (κ1) is 8.01. The van der Waals surface area contributed by atoms with Gasteiger partial charge in [0.25, 0.3) is 0 Å². The fourth-order valence-corrected chi connectivity index (χ4v) is 1.81. The van der Waals surface area contributed by atoms with Crippen LogP contribution in [0.3, 0.4) is 0 Å². The van der Waals surface area contributed by atoms with Gasteiger partial charge in [0, 0.05) is 13.2 Å². The van der Waals surface area contributed by atoms with Crippen LogP contribution < -0.4 is 5.73 Å². The number of ether oxygens (including phenoxy) is 1. The number of amides is 1. The molecule has 0 radical (unpaired) electrons. The molecule has 0 saturated carbocycles. The summed E-state index contributed by atoms with van der Waals surface area (Å²) in [6.07, 6.45) is 0.936. The normalized spacial score (nSPS) is 41.7. The maximum Gasteiger partial charge on any atom is 0.241 e. The zero-order valence-electron chi connectivity index (χ0n) is 7.25. The van der Waals surface area contributed by atoms with Gasteiger partial charge in [-0.15, -0.1) is 0 Å². The highest BCUT2D eigenvalue weighted by Gasteiger charge is 2.47. The van der Waals surface area contributed by atoms with Crippen molar-refractivity contribution >= 4 is 5.91 Å². The molecule has 2 N–H and O–H groups in total. The van der Waals surface area contributed by atoms with Gasteiger partial charge in [-0.25, -0.2) is 0 Å². The lowest BCUT2D eigenvalue weighted by molar-refractivity contribution is -0.150. The van der Waals surface area contributed by atoms with Crippen LogP contribution in [0.5, 0.6) is 0 Å². The minimum atomic E-state index is -0.262. The number of nitrogens with zero attached hydrogens (tertiary/aromatic N) is 1. The molecule has 1 amide bonds. The van der Waals surface area contributed by atoms with Gasteiger partial charge in [0.05, 0.1) is 12.1 Å². The number of hydrogen-bond acceptors (Lipinski definition) is 3. The summed E-state index contributed by atoms with van der Waals surface area (Å²) in [4.78, 5) is 13.1. The van der Waals surface area contributed by atoms with Crippen LogP contribution in [0.4, 0.5) is 0 Å². The quantitative estimate of drug-likeness (QED) is 0.531. The Labute approximate surface area is 71.7 Å². The van der Waals surface area contributed by atoms with E-state index in [1.165, 1.54) is 0 Å². The fourth-order valence-electron chi connectivity index (χ4n) is 1.81. The molecular formula is C8H14N2O2. The Morgan fingerprint density at radius 1 is 1.75 bits per heavy atom. The van der Waals surface area contributed by atoms with Crippen molar-refractivity contribution in [3.63, 3.8) is 0 Å². The second-order valence-electron chi connectivity index (χ2n) is 3.85. The molecule has 2 saturated heterocycles. The van der Waals surface area contributed by atoms with Crippen LogP contribution >= 0.6 is 0 Å². The molecule has 2 heterocycles. The predicted molar refractivity (Wildman–Crippen MR) is 43.5 cm³/mol. The van der Waals surface area contributed by atoms with Crippen molar-refractivity contribution in [1.29, 1.82) is 0 Å². The van der Waals surface area contributed by atoms with E-state index in [4.69, 9.17) is 10.5 Å². The Bertz CT molecular complexity index is 211. The molecule has 2 atom stereocenters. The van der Waals surface area contributed by atoms with E-state index in [9.17, 15) is 4.79 Å². The number of β-lactam (4-membered cyclic amide) rings is 1. The average molecular weight is 170 g/mol. The first-order valence-corrected chi connectivity index (χ1v) is 4.28. The Morgan fingerprint density at radius 2 is 2.50 bits per heavy atom. The Kier molecular flexibility index (Phi) is 1.63. The van der Waals surface area contributed by atoms with Crippen LogP contribution in [0.15, 0.2) is 0 Å². The molecule has 2 rings (SSSR count). The SMILES string of the molecule is CC1(N2CC(N)C2=O)CCOC1. The van der Waals surface area contributed by atoms with Crippen molar-refractivity contribution in [2.45, 2.75) is 24.9 Å². The average Bonchev–Trinajstić information content (AvgIpc) is 2.47. The summed E-state index contributed by atoms with van der Waals surface area (Å²) < 4.78 is 5.27. The number of carbonyl (C=O) groups is 1. The molecule has 0 aromatic carbocycles. The van der Waals surface area contributed by atoms with Gasteiger partial charge < -0.3 is 15.4 Å². The van der Waals surface area contributed by atoms with E-state index in [0.717, 1.165) is 13.0 Å². The van der Waals surface area contributed by atoms with E-state index < -0.39 is 0 Å². The summed E-state index contributed by atoms with van der Waals surface area (Å²) in [6, 6.07) is -0.262. The first-order chi connectivity index (χ1) is 5.63. The Morgan fingerprint density at radius 3 is 2.92 bits per heavy atom. The van der Waals surface area contributed by atoms with E-state index in [1.54, 1.807) is 0 Å². The molecule has 0 spiro atoms. The molecular weight excluding hydrogens is 156 g/mol. The van der Waals surface area contributed by atoms with E-state index in [2.05, 4.69) is 6.92 Å². The molecule has 4 nitrogen and oxygen atoms in total. The van der Waals surface area contributed by atoms with Gasteiger partial charge in [0.1, 0.15) is 6.04 Å². The summed E-state index contributed by atoms with van der Waals surface area (Å²) in [6.45, 7) is 4.17. The largest absolute Gasteiger partial charge is 0.379 e. The highest BCUT2D eigenvalue weighted by atomic mass is 16.5. The van der Waals surface area contributed by atoms with Crippen LogP contribution in [0.25, 0.3) is 0 Å². The van der Waals surface area contributed by atoms with Crippen molar-refractivity contribution in [2.24, 2.45) is 5.73 Å². The number of likely N-dealkylation sites (tertiary alicyclic amines) is 1. The van der Waals surface area contributed by atoms with Gasteiger partial charge >= 0.3 is 0 Å². The lowest BCUT2D eigenvalue weighted by Crippen LogP contribution is -2.68. The van der Waals surface area contributed by atoms with Crippen LogP contribution in [-0.2, 0) is 9.53 Å². The summed E-state index contributed by atoms with van der Waals surface area (Å²) in [5.74, 6) is 0.0722. The van der Waals surface area contributed by atoms with Crippen molar-refractivity contribution < 1.29 is 9.53 Å². The monoisotopic (exact) mass is 170 g/mol. The minimum Gasteiger partial charge on any atom is -0.379 e. The minimum absolute atomic E-state index is 0.0722. The second kappa shape index (κ2) is 2.44. The highest BCUT2D eigenvalue weighted by molar-refractivity contribution is 5.88. The third-order valence-corrected chi connectivity index (χ3v) is 2.81. The van der Waals surface area contributed by atoms with E-state index in [0.29, 0.717) is 13.2 Å². The highest BCUT2D eigenvalue weighted by Crippen LogP contribution is 2.29. The molecule has 0 bridgehead atoms. The molecule has 0 aliphatic carbocycles. The van der Waals surface area contributed by atoms with E-state index in [-0.39, 0.29) is 17.5 Å². The molecule has 2 aliphatic rings. The molecule has 2 fully saturated rings. The van der Waals surface area contributed by atoms with Gasteiger partial charge in [0.15, 0.2) is 0 Å². The number of carbonyl (C=O) groups excluding carboxylic acids is 1. The number of rotatable bonds is 1. The smallest absolute Gasteiger partial charge is 0.241 e. The third kappa shape index (κ3) is 0.949. The van der Waals surface area contributed by atoms with Crippen LogP contribution in [0.1, 0.15) is 13.3 Å². The van der Waals surface area contributed by atoms with Crippen molar-refractivity contribution in [1.82, 2.24) is 4.90 Å². The summed E-state index contributed by atoms with van der Waals surface area (Å²) in [5.41, 5.74) is 5.43. The molecule has 12 heavy (non-hydrogen) atoms. The fraction of sp³-hybridized carbons (Fsp3) is 0.875. The van der Waals surface area contributed by atoms with Gasteiger partial charge in [-0.3, -0.25) is 4.79 Å². The summed E-state index contributed by atoms with van der Waals surface area (Å²) in [5, 5.41) is 0. The predicted octanol–water partition coefficient (Wildman–Crippen LogP) is -0.665. The molecule has 0 aromatic heterocycles. The maximum absolute atomic E-state index is 11.3. The lowest BCUT2D eigenvalue weighted by Gasteiger charge is -2.46. The maximum atomic E-state index is 11.3. The van der Waals surface area contributed by atoms with E-state index >= 15 is 0 Å². The van der Waals surface area contributed by atoms with Gasteiger partial charge in [0.2, 0.25) is 5.91 Å². The van der Waals surface area contributed by atoms with Gasteiger partial charge in [-0.1, -0.05) is 0 Å². The summed E-state index contributed by atoms with van der Waals surface area (Å²) >= 11 is 0. The molecule has 2 aliphatic heterocycles. The third-order valence-electron chi connectivity index (χ3n) is 2.81. The lowest BCUT2D eigenvalue weighted by atomic mass is 9.93. The molecule has 4 heteroatoms. The van der Waals surface area contributed by atoms with E-state index in [1.807, 2.05) is 4.90 Å². The van der Waals surface area contributed by atoms with Gasteiger partial charge in [-0.2, -0.15) is 0 Å². The standard InChI is InChI=1S/C8H14N2O2/c1-8(2-3-12-5-8)10-4-6(9)7(10)11/h6H,2-5,9H2,1H3. The molecule has 2 unspecified atom stereocenters.